The minimum Gasteiger partial charge on any atom is -0.384 e. The molecule has 0 radical (unpaired) electrons. The highest BCUT2D eigenvalue weighted by atomic mass is 15.1. The van der Waals surface area contributed by atoms with Crippen LogP contribution < -0.4 is 20.9 Å². The van der Waals surface area contributed by atoms with E-state index in [-0.39, 0.29) is 0 Å². The molecule has 7 nitrogen and oxygen atoms in total. The number of hydrogen-bond acceptors (Lipinski definition) is 7. The van der Waals surface area contributed by atoms with Gasteiger partial charge in [0.15, 0.2) is 0 Å². The average molecular weight is 377 g/mol. The average Bonchev–Trinajstić information content (AvgIpc) is 2.72. The lowest BCUT2D eigenvalue weighted by Gasteiger charge is -2.15. The van der Waals surface area contributed by atoms with Gasteiger partial charge < -0.3 is 20.9 Å². The monoisotopic (exact) mass is 377 g/mol. The van der Waals surface area contributed by atoms with Crippen molar-refractivity contribution in [1.29, 1.82) is 0 Å². The van der Waals surface area contributed by atoms with E-state index >= 15 is 0 Å². The summed E-state index contributed by atoms with van der Waals surface area (Å²) in [5, 5.41) is 3.35. The van der Waals surface area contributed by atoms with Crippen LogP contribution in [0.3, 0.4) is 0 Å². The lowest BCUT2D eigenvalue weighted by atomic mass is 10.1. The van der Waals surface area contributed by atoms with Crippen LogP contribution in [0.4, 0.5) is 17.1 Å². The number of nitrogens with two attached hydrogens (primary N) is 1. The van der Waals surface area contributed by atoms with Gasteiger partial charge in [0.2, 0.25) is 0 Å². The summed E-state index contributed by atoms with van der Waals surface area (Å²) >= 11 is 0. The molecule has 3 aromatic heterocycles. The first-order chi connectivity index (χ1) is 13.5. The van der Waals surface area contributed by atoms with Crippen LogP contribution in [0.1, 0.15) is 0 Å². The fourth-order valence-corrected chi connectivity index (χ4v) is 2.79. The van der Waals surface area contributed by atoms with Gasteiger partial charge in [0.25, 0.3) is 0 Å². The van der Waals surface area contributed by atoms with E-state index in [1.54, 1.807) is 12.4 Å². The molecule has 0 aliphatic carbocycles. The smallest absolute Gasteiger partial charge is 0.0915 e. The van der Waals surface area contributed by atoms with Gasteiger partial charge >= 0.3 is 0 Å². The van der Waals surface area contributed by atoms with E-state index in [9.17, 15) is 0 Å². The van der Waals surface area contributed by atoms with Crippen molar-refractivity contribution in [3.8, 4) is 22.8 Å². The molecule has 0 fully saturated rings. The molecule has 0 saturated carbocycles. The van der Waals surface area contributed by atoms with Gasteiger partial charge in [-0.3, -0.25) is 9.97 Å². The van der Waals surface area contributed by atoms with Crippen molar-refractivity contribution in [2.75, 3.05) is 56.4 Å². The van der Waals surface area contributed by atoms with Crippen LogP contribution in [0.15, 0.2) is 48.8 Å². The molecule has 7 heteroatoms. The van der Waals surface area contributed by atoms with Crippen molar-refractivity contribution >= 4 is 17.1 Å². The highest BCUT2D eigenvalue weighted by Crippen LogP contribution is 2.28. The van der Waals surface area contributed by atoms with Gasteiger partial charge in [-0.05, 0) is 36.4 Å². The fraction of sp³-hybridized carbons (Fsp3) is 0.286. The zero-order chi connectivity index (χ0) is 20.1. The van der Waals surface area contributed by atoms with Crippen LogP contribution in [-0.4, -0.2) is 56.2 Å². The summed E-state index contributed by atoms with van der Waals surface area (Å²) in [6.07, 6.45) is 3.61. The molecule has 0 aliphatic rings. The Balaban J connectivity index is 2.09. The Labute approximate surface area is 166 Å². The normalized spacial score (nSPS) is 10.6. The van der Waals surface area contributed by atoms with E-state index in [1.807, 2.05) is 74.4 Å². The van der Waals surface area contributed by atoms with Crippen LogP contribution in [0.2, 0.25) is 0 Å². The van der Waals surface area contributed by atoms with E-state index in [4.69, 9.17) is 10.7 Å². The van der Waals surface area contributed by atoms with Crippen molar-refractivity contribution in [2.24, 2.45) is 5.73 Å². The Morgan fingerprint density at radius 3 is 1.71 bits per heavy atom. The van der Waals surface area contributed by atoms with Gasteiger partial charge in [-0.1, -0.05) is 0 Å². The van der Waals surface area contributed by atoms with E-state index < -0.39 is 0 Å². The maximum atomic E-state index is 5.67. The molecule has 3 N–H and O–H groups in total. The van der Waals surface area contributed by atoms with E-state index in [2.05, 4.69) is 15.3 Å². The molecule has 0 unspecified atom stereocenters. The number of hydrogen-bond donors (Lipinski definition) is 2. The summed E-state index contributed by atoms with van der Waals surface area (Å²) in [5.74, 6) is 0. The third kappa shape index (κ3) is 4.55. The van der Waals surface area contributed by atoms with Gasteiger partial charge in [0.1, 0.15) is 0 Å². The Kier molecular flexibility index (Phi) is 6.06. The number of pyridine rings is 3. The summed E-state index contributed by atoms with van der Waals surface area (Å²) in [6, 6.07) is 12.0. The van der Waals surface area contributed by atoms with Gasteiger partial charge in [0.05, 0.1) is 22.8 Å². The molecule has 0 amide bonds. The van der Waals surface area contributed by atoms with Crippen molar-refractivity contribution < 1.29 is 0 Å². The van der Waals surface area contributed by atoms with E-state index in [1.165, 1.54) is 0 Å². The lowest BCUT2D eigenvalue weighted by Crippen LogP contribution is -2.13. The standard InChI is InChI=1S/C21H27N7/c1-27(2)16-5-8-24-18(13-16)20-11-15(23-10-7-22)12-21(26-20)19-14-17(28(3)4)6-9-25-19/h5-6,8-9,11-14H,7,10,22H2,1-4H3,(H,23,26). The van der Waals surface area contributed by atoms with E-state index in [0.717, 1.165) is 39.8 Å². The number of nitrogens with zero attached hydrogens (tertiary/aromatic N) is 5. The minimum absolute atomic E-state index is 0.551. The third-order valence-corrected chi connectivity index (χ3v) is 4.34. The SMILES string of the molecule is CN(C)c1ccnc(-c2cc(NCCN)cc(-c3cc(N(C)C)ccn3)n2)c1. The summed E-state index contributed by atoms with van der Waals surface area (Å²) in [6.45, 7) is 1.23. The third-order valence-electron chi connectivity index (χ3n) is 4.34. The molecule has 3 heterocycles. The van der Waals surface area contributed by atoms with Crippen LogP contribution in [-0.2, 0) is 0 Å². The van der Waals surface area contributed by atoms with Gasteiger partial charge in [-0.2, -0.15) is 0 Å². The zero-order valence-electron chi connectivity index (χ0n) is 16.8. The molecule has 146 valence electrons. The first-order valence-corrected chi connectivity index (χ1v) is 9.21. The molecule has 0 bridgehead atoms. The highest BCUT2D eigenvalue weighted by Gasteiger charge is 2.11. The van der Waals surface area contributed by atoms with Crippen LogP contribution >= 0.6 is 0 Å². The van der Waals surface area contributed by atoms with Gasteiger partial charge in [-0.25, -0.2) is 4.98 Å². The molecule has 0 aromatic carbocycles. The lowest BCUT2D eigenvalue weighted by molar-refractivity contribution is 1.02. The van der Waals surface area contributed by atoms with Gasteiger partial charge in [-0.15, -0.1) is 0 Å². The molecule has 3 aromatic rings. The molecular weight excluding hydrogens is 350 g/mol. The molecule has 3 rings (SSSR count). The topological polar surface area (TPSA) is 83.2 Å². The Morgan fingerprint density at radius 1 is 0.786 bits per heavy atom. The second kappa shape index (κ2) is 8.67. The summed E-state index contributed by atoms with van der Waals surface area (Å²) in [5.41, 5.74) is 12.0. The van der Waals surface area contributed by atoms with E-state index in [0.29, 0.717) is 13.1 Å². The number of rotatable bonds is 7. The Hall–Kier alpha value is -3.19. The fourth-order valence-electron chi connectivity index (χ4n) is 2.79. The zero-order valence-corrected chi connectivity index (χ0v) is 16.8. The second-order valence-electron chi connectivity index (χ2n) is 6.93. The molecule has 0 aliphatic heterocycles. The van der Waals surface area contributed by atoms with Crippen LogP contribution in [0, 0.1) is 0 Å². The summed E-state index contributed by atoms with van der Waals surface area (Å²) < 4.78 is 0. The summed E-state index contributed by atoms with van der Waals surface area (Å²) in [4.78, 5) is 18.0. The second-order valence-corrected chi connectivity index (χ2v) is 6.93. The van der Waals surface area contributed by atoms with Crippen molar-refractivity contribution in [1.82, 2.24) is 15.0 Å². The van der Waals surface area contributed by atoms with Crippen molar-refractivity contribution in [2.45, 2.75) is 0 Å². The van der Waals surface area contributed by atoms with Crippen molar-refractivity contribution in [3.63, 3.8) is 0 Å². The first kappa shape index (κ1) is 19.6. The van der Waals surface area contributed by atoms with Crippen LogP contribution in [0.5, 0.6) is 0 Å². The largest absolute Gasteiger partial charge is 0.384 e. The number of nitrogens with one attached hydrogen (secondary N) is 1. The maximum absolute atomic E-state index is 5.67. The predicted molar refractivity (Wildman–Crippen MR) is 117 cm³/mol. The molecule has 0 atom stereocenters. The number of anilines is 3. The summed E-state index contributed by atoms with van der Waals surface area (Å²) in [7, 11) is 8.03. The molecule has 28 heavy (non-hydrogen) atoms. The first-order valence-electron chi connectivity index (χ1n) is 9.21. The quantitative estimate of drug-likeness (QED) is 0.655. The Bertz CT molecular complexity index is 868. The maximum Gasteiger partial charge on any atom is 0.0915 e. The highest BCUT2D eigenvalue weighted by molar-refractivity contribution is 5.72. The van der Waals surface area contributed by atoms with Crippen molar-refractivity contribution in [3.05, 3.63) is 48.8 Å². The minimum atomic E-state index is 0.551. The molecule has 0 saturated heterocycles. The molecule has 0 spiro atoms. The van der Waals surface area contributed by atoms with Crippen LogP contribution in [0.25, 0.3) is 22.8 Å². The molecular formula is C21H27N7. The number of aromatic nitrogens is 3. The Morgan fingerprint density at radius 2 is 1.29 bits per heavy atom. The predicted octanol–water partition coefficient (Wildman–Crippen LogP) is 2.71. The van der Waals surface area contributed by atoms with Gasteiger partial charge in [0, 0.05) is 70.7 Å².